The van der Waals surface area contributed by atoms with Gasteiger partial charge in [-0.2, -0.15) is 0 Å². The largest absolute Gasteiger partial charge is 0.460 e. The molecule has 1 rings (SSSR count). The topological polar surface area (TPSA) is 61.8 Å². The second-order valence-electron chi connectivity index (χ2n) is 6.31. The van der Waals surface area contributed by atoms with Gasteiger partial charge in [-0.15, -0.1) is 0 Å². The van der Waals surface area contributed by atoms with Crippen molar-refractivity contribution in [2.75, 3.05) is 0 Å². The molecule has 0 radical (unpaired) electrons. The van der Waals surface area contributed by atoms with E-state index in [1.54, 1.807) is 13.8 Å². The first-order valence-corrected chi connectivity index (χ1v) is 6.62. The summed E-state index contributed by atoms with van der Waals surface area (Å²) >= 11 is 0. The molecular weight excluding hydrogens is 248 g/mol. The summed E-state index contributed by atoms with van der Waals surface area (Å²) < 4.78 is 16.6. The Morgan fingerprint density at radius 1 is 1.32 bits per heavy atom. The van der Waals surface area contributed by atoms with E-state index in [-0.39, 0.29) is 24.6 Å². The zero-order valence-electron chi connectivity index (χ0n) is 12.4. The molecule has 5 nitrogen and oxygen atoms in total. The van der Waals surface area contributed by atoms with Gasteiger partial charge in [-0.05, 0) is 34.6 Å². The molecule has 1 saturated heterocycles. The van der Waals surface area contributed by atoms with Crippen molar-refractivity contribution in [2.45, 2.75) is 77.5 Å². The predicted octanol–water partition coefficient (Wildman–Crippen LogP) is 2.22. The Bertz CT molecular complexity index is 329. The third kappa shape index (κ3) is 6.16. The lowest BCUT2D eigenvalue weighted by Crippen LogP contribution is -2.45. The summed E-state index contributed by atoms with van der Waals surface area (Å²) in [7, 11) is 0. The molecule has 5 heteroatoms. The first-order chi connectivity index (χ1) is 8.61. The summed E-state index contributed by atoms with van der Waals surface area (Å²) in [6, 6.07) is 0. The van der Waals surface area contributed by atoms with E-state index in [2.05, 4.69) is 0 Å². The number of aldehydes is 1. The summed E-state index contributed by atoms with van der Waals surface area (Å²) in [5, 5.41) is 0. The summed E-state index contributed by atoms with van der Waals surface area (Å²) in [6.07, 6.45) is 1.38. The number of hydrogen-bond donors (Lipinski definition) is 0. The maximum atomic E-state index is 11.8. The normalized spacial score (nSPS) is 26.8. The summed E-state index contributed by atoms with van der Waals surface area (Å²) in [5.41, 5.74) is -0.500. The highest BCUT2D eigenvalue weighted by Gasteiger charge is 2.36. The monoisotopic (exact) mass is 272 g/mol. The van der Waals surface area contributed by atoms with E-state index < -0.39 is 11.4 Å². The van der Waals surface area contributed by atoms with Gasteiger partial charge in [0.05, 0.1) is 18.6 Å². The van der Waals surface area contributed by atoms with Gasteiger partial charge in [0.25, 0.3) is 0 Å². The van der Waals surface area contributed by atoms with Crippen molar-refractivity contribution in [3.8, 4) is 0 Å². The van der Waals surface area contributed by atoms with Crippen molar-refractivity contribution in [3.05, 3.63) is 0 Å². The number of carbonyl (C=O) groups is 2. The zero-order chi connectivity index (χ0) is 14.7. The average Bonchev–Trinajstić information content (AvgIpc) is 2.10. The van der Waals surface area contributed by atoms with Crippen molar-refractivity contribution >= 4 is 12.3 Å². The van der Waals surface area contributed by atoms with Gasteiger partial charge in [0, 0.05) is 12.8 Å². The second kappa shape index (κ2) is 6.01. The molecular formula is C14H24O5. The number of rotatable bonds is 4. The fourth-order valence-electron chi connectivity index (χ4n) is 2.17. The van der Waals surface area contributed by atoms with Gasteiger partial charge in [-0.1, -0.05) is 0 Å². The number of esters is 1. The SMILES string of the molecule is CC(C)(C)OC(=O)C[C@H]1C[C@H](CC=O)OC(C)(C)O1. The van der Waals surface area contributed by atoms with Crippen LogP contribution >= 0.6 is 0 Å². The Hall–Kier alpha value is -0.940. The minimum Gasteiger partial charge on any atom is -0.460 e. The molecule has 0 saturated carbocycles. The van der Waals surface area contributed by atoms with Crippen molar-refractivity contribution in [3.63, 3.8) is 0 Å². The molecule has 0 aromatic rings. The van der Waals surface area contributed by atoms with Crippen LogP contribution in [0.3, 0.4) is 0 Å². The Morgan fingerprint density at radius 3 is 2.42 bits per heavy atom. The number of hydrogen-bond acceptors (Lipinski definition) is 5. The molecule has 0 aromatic heterocycles. The van der Waals surface area contributed by atoms with Gasteiger partial charge in [-0.3, -0.25) is 4.79 Å². The quantitative estimate of drug-likeness (QED) is 0.580. The van der Waals surface area contributed by atoms with E-state index in [0.29, 0.717) is 12.8 Å². The molecule has 2 atom stereocenters. The van der Waals surface area contributed by atoms with Crippen molar-refractivity contribution in [1.82, 2.24) is 0 Å². The van der Waals surface area contributed by atoms with Crippen LogP contribution in [-0.2, 0) is 23.8 Å². The molecule has 0 amide bonds. The van der Waals surface area contributed by atoms with Crippen molar-refractivity contribution in [1.29, 1.82) is 0 Å². The molecule has 0 N–H and O–H groups in total. The Balaban J connectivity index is 2.57. The Labute approximate surface area is 114 Å². The van der Waals surface area contributed by atoms with Crippen LogP contribution in [0.1, 0.15) is 53.9 Å². The van der Waals surface area contributed by atoms with Gasteiger partial charge < -0.3 is 19.0 Å². The minimum atomic E-state index is -0.779. The van der Waals surface area contributed by atoms with Crippen LogP contribution in [0.4, 0.5) is 0 Å². The second-order valence-corrected chi connectivity index (χ2v) is 6.31. The fraction of sp³-hybridized carbons (Fsp3) is 0.857. The molecule has 1 aliphatic rings. The van der Waals surface area contributed by atoms with Gasteiger partial charge in [0.15, 0.2) is 5.79 Å². The fourth-order valence-corrected chi connectivity index (χ4v) is 2.17. The van der Waals surface area contributed by atoms with Gasteiger partial charge >= 0.3 is 5.97 Å². The summed E-state index contributed by atoms with van der Waals surface area (Å²) in [5.74, 6) is -1.07. The van der Waals surface area contributed by atoms with E-state index in [0.717, 1.165) is 6.29 Å². The third-order valence-corrected chi connectivity index (χ3v) is 2.60. The predicted molar refractivity (Wildman–Crippen MR) is 69.6 cm³/mol. The van der Waals surface area contributed by atoms with Crippen LogP contribution in [0.2, 0.25) is 0 Å². The molecule has 1 aliphatic heterocycles. The first-order valence-electron chi connectivity index (χ1n) is 6.62. The smallest absolute Gasteiger partial charge is 0.308 e. The standard InChI is InChI=1S/C14H24O5/c1-13(2,3)19-12(16)9-11-8-10(6-7-15)17-14(4,5)18-11/h7,10-11H,6,8-9H2,1-5H3/t10-,11+/m0/s1. The first kappa shape index (κ1) is 16.1. The lowest BCUT2D eigenvalue weighted by atomic mass is 10.0. The van der Waals surface area contributed by atoms with Crippen molar-refractivity contribution in [2.24, 2.45) is 0 Å². The summed E-state index contributed by atoms with van der Waals surface area (Å²) in [6.45, 7) is 9.05. The molecule has 19 heavy (non-hydrogen) atoms. The summed E-state index contributed by atoms with van der Waals surface area (Å²) in [4.78, 5) is 22.4. The highest BCUT2D eigenvalue weighted by Crippen LogP contribution is 2.29. The maximum absolute atomic E-state index is 11.8. The average molecular weight is 272 g/mol. The highest BCUT2D eigenvalue weighted by atomic mass is 16.7. The van der Waals surface area contributed by atoms with E-state index in [1.165, 1.54) is 0 Å². The van der Waals surface area contributed by atoms with E-state index in [4.69, 9.17) is 14.2 Å². The molecule has 0 bridgehead atoms. The molecule has 110 valence electrons. The highest BCUT2D eigenvalue weighted by molar-refractivity contribution is 5.70. The van der Waals surface area contributed by atoms with Crippen LogP contribution in [0.25, 0.3) is 0 Å². The van der Waals surface area contributed by atoms with Crippen molar-refractivity contribution < 1.29 is 23.8 Å². The zero-order valence-corrected chi connectivity index (χ0v) is 12.4. The molecule has 1 heterocycles. The number of carbonyl (C=O) groups excluding carboxylic acids is 2. The molecule has 0 aliphatic carbocycles. The van der Waals surface area contributed by atoms with Crippen LogP contribution in [-0.4, -0.2) is 35.9 Å². The van der Waals surface area contributed by atoms with Crippen LogP contribution in [0, 0.1) is 0 Å². The molecule has 0 aromatic carbocycles. The Morgan fingerprint density at radius 2 is 1.89 bits per heavy atom. The van der Waals surface area contributed by atoms with Crippen LogP contribution in [0.5, 0.6) is 0 Å². The van der Waals surface area contributed by atoms with E-state index in [9.17, 15) is 9.59 Å². The molecule has 1 fully saturated rings. The maximum Gasteiger partial charge on any atom is 0.308 e. The van der Waals surface area contributed by atoms with E-state index >= 15 is 0 Å². The van der Waals surface area contributed by atoms with Gasteiger partial charge in [-0.25, -0.2) is 0 Å². The lowest BCUT2D eigenvalue weighted by Gasteiger charge is -2.40. The van der Waals surface area contributed by atoms with Crippen LogP contribution < -0.4 is 0 Å². The van der Waals surface area contributed by atoms with Gasteiger partial charge in [0.1, 0.15) is 11.9 Å². The molecule has 0 unspecified atom stereocenters. The van der Waals surface area contributed by atoms with E-state index in [1.807, 2.05) is 20.8 Å². The van der Waals surface area contributed by atoms with Crippen LogP contribution in [0.15, 0.2) is 0 Å². The lowest BCUT2D eigenvalue weighted by molar-refractivity contribution is -0.299. The van der Waals surface area contributed by atoms with Gasteiger partial charge in [0.2, 0.25) is 0 Å². The molecule has 0 spiro atoms. The Kier molecular flexibility index (Phi) is 5.10. The third-order valence-electron chi connectivity index (χ3n) is 2.60. The number of ether oxygens (including phenoxy) is 3. The minimum absolute atomic E-state index is 0.180.